The van der Waals surface area contributed by atoms with Gasteiger partial charge in [-0.05, 0) is 55.7 Å². The van der Waals surface area contributed by atoms with Gasteiger partial charge in [-0.2, -0.15) is 11.8 Å². The average molecular weight is 405 g/mol. The number of rotatable bonds is 3. The largest absolute Gasteiger partial charge is 0.370 e. The summed E-state index contributed by atoms with van der Waals surface area (Å²) in [6.07, 6.45) is 3.95. The van der Waals surface area contributed by atoms with Gasteiger partial charge in [-0.3, -0.25) is 4.99 Å². The molecule has 0 saturated carbocycles. The van der Waals surface area contributed by atoms with Crippen LogP contribution in [0.3, 0.4) is 0 Å². The van der Waals surface area contributed by atoms with Crippen molar-refractivity contribution >= 4 is 47.4 Å². The summed E-state index contributed by atoms with van der Waals surface area (Å²) in [7, 11) is 0. The lowest BCUT2D eigenvalue weighted by Gasteiger charge is -2.19. The first-order chi connectivity index (χ1) is 9.13. The molecular formula is C15H24IN3S. The quantitative estimate of drug-likeness (QED) is 0.455. The normalized spacial score (nSPS) is 19.3. The van der Waals surface area contributed by atoms with Crippen LogP contribution in [0.2, 0.25) is 0 Å². The number of halogens is 1. The fourth-order valence-electron chi connectivity index (χ4n) is 2.39. The number of anilines is 1. The second-order valence-corrected chi connectivity index (χ2v) is 6.62. The van der Waals surface area contributed by atoms with Crippen molar-refractivity contribution in [2.75, 3.05) is 17.6 Å². The van der Waals surface area contributed by atoms with Gasteiger partial charge in [-0.1, -0.05) is 12.5 Å². The van der Waals surface area contributed by atoms with Gasteiger partial charge in [0.15, 0.2) is 5.96 Å². The highest BCUT2D eigenvalue weighted by Crippen LogP contribution is 2.25. The molecule has 1 aliphatic rings. The summed E-state index contributed by atoms with van der Waals surface area (Å²) < 4.78 is 0. The van der Waals surface area contributed by atoms with Gasteiger partial charge in [0.2, 0.25) is 0 Å². The first-order valence-corrected chi connectivity index (χ1v) is 7.95. The standard InChI is InChI=1S/C15H23N3S.HI/c1-11-7-12(2)9-13(8-11)18-15(16)17-10-14-5-3-4-6-19-14;/h7-9,14H,3-6,10H2,1-2H3,(H3,16,17,18);1H. The summed E-state index contributed by atoms with van der Waals surface area (Å²) in [5, 5.41) is 3.83. The zero-order chi connectivity index (χ0) is 13.7. The Morgan fingerprint density at radius 1 is 1.30 bits per heavy atom. The van der Waals surface area contributed by atoms with Crippen LogP contribution in [0.1, 0.15) is 30.4 Å². The van der Waals surface area contributed by atoms with Crippen LogP contribution >= 0.6 is 35.7 Å². The molecule has 0 amide bonds. The predicted octanol–water partition coefficient (Wildman–Crippen LogP) is 3.93. The van der Waals surface area contributed by atoms with Crippen molar-refractivity contribution in [2.24, 2.45) is 10.7 Å². The number of benzene rings is 1. The number of nitrogens with two attached hydrogens (primary N) is 1. The molecule has 1 atom stereocenters. The molecule has 1 saturated heterocycles. The lowest BCUT2D eigenvalue weighted by Crippen LogP contribution is -2.25. The van der Waals surface area contributed by atoms with E-state index < -0.39 is 0 Å². The predicted molar refractivity (Wildman–Crippen MR) is 102 cm³/mol. The third-order valence-corrected chi connectivity index (χ3v) is 4.61. The van der Waals surface area contributed by atoms with Crippen molar-refractivity contribution < 1.29 is 0 Å². The van der Waals surface area contributed by atoms with E-state index in [1.165, 1.54) is 36.1 Å². The van der Waals surface area contributed by atoms with Crippen LogP contribution in [0.25, 0.3) is 0 Å². The fraction of sp³-hybridized carbons (Fsp3) is 0.533. The van der Waals surface area contributed by atoms with Gasteiger partial charge >= 0.3 is 0 Å². The Balaban J connectivity index is 0.00000200. The molecule has 0 aromatic heterocycles. The lowest BCUT2D eigenvalue weighted by molar-refractivity contribution is 0.668. The minimum absolute atomic E-state index is 0. The number of hydrogen-bond donors (Lipinski definition) is 2. The topological polar surface area (TPSA) is 50.4 Å². The van der Waals surface area contributed by atoms with E-state index in [-0.39, 0.29) is 24.0 Å². The molecule has 1 aromatic rings. The first kappa shape index (κ1) is 17.6. The van der Waals surface area contributed by atoms with Gasteiger partial charge in [0.25, 0.3) is 0 Å². The van der Waals surface area contributed by atoms with Crippen molar-refractivity contribution in [1.29, 1.82) is 0 Å². The van der Waals surface area contributed by atoms with E-state index in [1.807, 2.05) is 11.8 Å². The maximum absolute atomic E-state index is 5.95. The number of nitrogens with zero attached hydrogens (tertiary/aromatic N) is 1. The summed E-state index contributed by atoms with van der Waals surface area (Å²) in [6, 6.07) is 6.33. The highest BCUT2D eigenvalue weighted by molar-refractivity contribution is 14.0. The average Bonchev–Trinajstić information content (AvgIpc) is 2.36. The Bertz CT molecular complexity index is 436. The minimum atomic E-state index is 0. The van der Waals surface area contributed by atoms with Crippen LogP contribution < -0.4 is 11.1 Å². The van der Waals surface area contributed by atoms with E-state index in [9.17, 15) is 0 Å². The van der Waals surface area contributed by atoms with Crippen molar-refractivity contribution in [1.82, 2.24) is 0 Å². The Labute approximate surface area is 143 Å². The monoisotopic (exact) mass is 405 g/mol. The summed E-state index contributed by atoms with van der Waals surface area (Å²) in [5.74, 6) is 1.79. The maximum atomic E-state index is 5.95. The van der Waals surface area contributed by atoms with Crippen LogP contribution in [-0.4, -0.2) is 23.5 Å². The van der Waals surface area contributed by atoms with Crippen molar-refractivity contribution in [3.05, 3.63) is 29.3 Å². The van der Waals surface area contributed by atoms with E-state index >= 15 is 0 Å². The molecule has 0 aliphatic carbocycles. The zero-order valence-electron chi connectivity index (χ0n) is 12.2. The van der Waals surface area contributed by atoms with E-state index in [0.717, 1.165) is 12.2 Å². The molecule has 1 unspecified atom stereocenters. The van der Waals surface area contributed by atoms with Crippen LogP contribution in [0.5, 0.6) is 0 Å². The third-order valence-electron chi connectivity index (χ3n) is 3.23. The van der Waals surface area contributed by atoms with Crippen LogP contribution in [0.15, 0.2) is 23.2 Å². The number of aliphatic imine (C=N–C) groups is 1. The Morgan fingerprint density at radius 2 is 2.00 bits per heavy atom. The summed E-state index contributed by atoms with van der Waals surface area (Å²) in [6.45, 7) is 5.00. The molecule has 112 valence electrons. The second kappa shape index (κ2) is 8.77. The molecule has 1 aromatic carbocycles. The van der Waals surface area contributed by atoms with Crippen LogP contribution in [-0.2, 0) is 0 Å². The SMILES string of the molecule is Cc1cc(C)cc(NC(N)=NCC2CCCCS2)c1.I. The molecule has 3 nitrogen and oxygen atoms in total. The van der Waals surface area contributed by atoms with Gasteiger partial charge in [-0.25, -0.2) is 0 Å². The lowest BCUT2D eigenvalue weighted by atomic mass is 10.1. The van der Waals surface area contributed by atoms with E-state index in [4.69, 9.17) is 5.73 Å². The molecule has 0 spiro atoms. The number of hydrogen-bond acceptors (Lipinski definition) is 2. The number of aryl methyl sites for hydroxylation is 2. The summed E-state index contributed by atoms with van der Waals surface area (Å²) >= 11 is 2.03. The molecule has 0 bridgehead atoms. The van der Waals surface area contributed by atoms with Gasteiger partial charge in [0.1, 0.15) is 0 Å². The van der Waals surface area contributed by atoms with Crippen molar-refractivity contribution in [3.8, 4) is 0 Å². The van der Waals surface area contributed by atoms with E-state index in [2.05, 4.69) is 42.4 Å². The van der Waals surface area contributed by atoms with Gasteiger partial charge in [0, 0.05) is 10.9 Å². The van der Waals surface area contributed by atoms with Crippen molar-refractivity contribution in [3.63, 3.8) is 0 Å². The molecule has 2 rings (SSSR count). The molecule has 0 radical (unpaired) electrons. The van der Waals surface area contributed by atoms with E-state index in [0.29, 0.717) is 11.2 Å². The molecule has 1 fully saturated rings. The Hall–Kier alpha value is -0.430. The van der Waals surface area contributed by atoms with E-state index in [1.54, 1.807) is 0 Å². The van der Waals surface area contributed by atoms with Gasteiger partial charge in [0.05, 0.1) is 6.54 Å². The minimum Gasteiger partial charge on any atom is -0.370 e. The Morgan fingerprint density at radius 3 is 2.60 bits per heavy atom. The molecule has 3 N–H and O–H groups in total. The number of guanidine groups is 1. The fourth-order valence-corrected chi connectivity index (χ4v) is 3.60. The van der Waals surface area contributed by atoms with Crippen molar-refractivity contribution in [2.45, 2.75) is 38.4 Å². The van der Waals surface area contributed by atoms with Gasteiger partial charge < -0.3 is 11.1 Å². The molecule has 5 heteroatoms. The Kier molecular flexibility index (Phi) is 7.72. The first-order valence-electron chi connectivity index (χ1n) is 6.90. The van der Waals surface area contributed by atoms with Crippen LogP contribution in [0, 0.1) is 13.8 Å². The third kappa shape index (κ3) is 5.91. The maximum Gasteiger partial charge on any atom is 0.193 e. The smallest absolute Gasteiger partial charge is 0.193 e. The number of thioether (sulfide) groups is 1. The van der Waals surface area contributed by atoms with Gasteiger partial charge in [-0.15, -0.1) is 24.0 Å². The summed E-state index contributed by atoms with van der Waals surface area (Å²) in [4.78, 5) is 4.46. The van der Waals surface area contributed by atoms with Crippen LogP contribution in [0.4, 0.5) is 5.69 Å². The highest BCUT2D eigenvalue weighted by atomic mass is 127. The molecule has 20 heavy (non-hydrogen) atoms. The molecule has 1 heterocycles. The zero-order valence-corrected chi connectivity index (χ0v) is 15.3. The summed E-state index contributed by atoms with van der Waals surface area (Å²) in [5.41, 5.74) is 9.44. The molecule has 1 aliphatic heterocycles. The number of nitrogens with one attached hydrogen (secondary N) is 1. The highest BCUT2D eigenvalue weighted by Gasteiger charge is 2.13. The molecular weight excluding hydrogens is 381 g/mol. The second-order valence-electron chi connectivity index (χ2n) is 5.22.